The molecule has 1 aliphatic rings. The Labute approximate surface area is 181 Å². The van der Waals surface area contributed by atoms with Gasteiger partial charge in [-0.15, -0.1) is 0 Å². The number of hydrogen-bond donors (Lipinski definition) is 1. The summed E-state index contributed by atoms with van der Waals surface area (Å²) in [6.45, 7) is 2.76. The SMILES string of the molecule is COc1ccccc1CN1CCC(NC(=O)CCc2nc(-c3ccncc3)no2)CC1. The predicted octanol–water partition coefficient (Wildman–Crippen LogP) is 2.85. The van der Waals surface area contributed by atoms with Crippen LogP contribution in [0.25, 0.3) is 11.4 Å². The third-order valence-corrected chi connectivity index (χ3v) is 5.51. The maximum absolute atomic E-state index is 12.4. The van der Waals surface area contributed by atoms with E-state index in [0.717, 1.165) is 43.8 Å². The largest absolute Gasteiger partial charge is 0.496 e. The zero-order valence-corrected chi connectivity index (χ0v) is 17.7. The minimum Gasteiger partial charge on any atom is -0.496 e. The molecule has 1 aromatic carbocycles. The lowest BCUT2D eigenvalue weighted by Crippen LogP contribution is -2.44. The number of hydrogen-bond acceptors (Lipinski definition) is 7. The summed E-state index contributed by atoms with van der Waals surface area (Å²) in [6.07, 6.45) is 6.00. The second-order valence-electron chi connectivity index (χ2n) is 7.68. The summed E-state index contributed by atoms with van der Waals surface area (Å²) in [5, 5.41) is 7.12. The number of nitrogens with one attached hydrogen (secondary N) is 1. The maximum Gasteiger partial charge on any atom is 0.227 e. The van der Waals surface area contributed by atoms with Crippen LogP contribution in [0.15, 0.2) is 53.3 Å². The predicted molar refractivity (Wildman–Crippen MR) is 115 cm³/mol. The first-order chi connectivity index (χ1) is 15.2. The van der Waals surface area contributed by atoms with Crippen molar-refractivity contribution in [2.75, 3.05) is 20.2 Å². The first kappa shape index (κ1) is 21.0. The summed E-state index contributed by atoms with van der Waals surface area (Å²) in [6, 6.07) is 12.0. The van der Waals surface area contributed by atoms with Crippen LogP contribution in [0.4, 0.5) is 0 Å². The lowest BCUT2D eigenvalue weighted by molar-refractivity contribution is -0.122. The summed E-state index contributed by atoms with van der Waals surface area (Å²) in [5.74, 6) is 1.92. The zero-order chi connectivity index (χ0) is 21.5. The molecule has 1 fully saturated rings. The molecule has 1 aliphatic heterocycles. The summed E-state index contributed by atoms with van der Waals surface area (Å²) >= 11 is 0. The minimum atomic E-state index is 0.0202. The number of carbonyl (C=O) groups is 1. The van der Waals surface area contributed by atoms with E-state index in [-0.39, 0.29) is 11.9 Å². The molecule has 0 radical (unpaired) electrons. The number of carbonyl (C=O) groups excluding carboxylic acids is 1. The average molecular weight is 422 g/mol. The summed E-state index contributed by atoms with van der Waals surface area (Å²) in [7, 11) is 1.70. The van der Waals surface area contributed by atoms with E-state index in [1.807, 2.05) is 30.3 Å². The van der Waals surface area contributed by atoms with Gasteiger partial charge in [0, 0.05) is 62.0 Å². The molecule has 31 heavy (non-hydrogen) atoms. The quantitative estimate of drug-likeness (QED) is 0.598. The van der Waals surface area contributed by atoms with E-state index in [1.54, 1.807) is 19.5 Å². The highest BCUT2D eigenvalue weighted by Crippen LogP contribution is 2.21. The van der Waals surface area contributed by atoms with Crippen LogP contribution >= 0.6 is 0 Å². The van der Waals surface area contributed by atoms with Gasteiger partial charge in [-0.1, -0.05) is 23.4 Å². The van der Waals surface area contributed by atoms with Crippen LogP contribution in [0.2, 0.25) is 0 Å². The third kappa shape index (κ3) is 5.67. The van der Waals surface area contributed by atoms with Gasteiger partial charge in [0.2, 0.25) is 17.6 Å². The minimum absolute atomic E-state index is 0.0202. The van der Waals surface area contributed by atoms with Crippen molar-refractivity contribution in [1.82, 2.24) is 25.3 Å². The fourth-order valence-corrected chi connectivity index (χ4v) is 3.80. The monoisotopic (exact) mass is 421 g/mol. The van der Waals surface area contributed by atoms with Crippen molar-refractivity contribution in [3.63, 3.8) is 0 Å². The number of amides is 1. The molecule has 1 amide bonds. The van der Waals surface area contributed by atoms with Crippen molar-refractivity contribution in [2.24, 2.45) is 0 Å². The van der Waals surface area contributed by atoms with E-state index in [9.17, 15) is 4.79 Å². The Kier molecular flexibility index (Phi) is 6.89. The van der Waals surface area contributed by atoms with Crippen LogP contribution in [0, 0.1) is 0 Å². The van der Waals surface area contributed by atoms with E-state index in [0.29, 0.717) is 24.6 Å². The van der Waals surface area contributed by atoms with Crippen LogP contribution in [0.3, 0.4) is 0 Å². The van der Waals surface area contributed by atoms with Gasteiger partial charge in [-0.25, -0.2) is 0 Å². The van der Waals surface area contributed by atoms with Crippen LogP contribution in [0.1, 0.15) is 30.7 Å². The van der Waals surface area contributed by atoms with Crippen molar-refractivity contribution in [3.8, 4) is 17.1 Å². The Bertz CT molecular complexity index is 984. The smallest absolute Gasteiger partial charge is 0.227 e. The number of piperidine rings is 1. The fourth-order valence-electron chi connectivity index (χ4n) is 3.80. The molecule has 1 N–H and O–H groups in total. The van der Waals surface area contributed by atoms with Crippen molar-refractivity contribution >= 4 is 5.91 Å². The Hall–Kier alpha value is -3.26. The number of aryl methyl sites for hydroxylation is 1. The van der Waals surface area contributed by atoms with Gasteiger partial charge in [-0.3, -0.25) is 14.7 Å². The highest BCUT2D eigenvalue weighted by Gasteiger charge is 2.21. The number of methoxy groups -OCH3 is 1. The Morgan fingerprint density at radius 1 is 1.19 bits per heavy atom. The van der Waals surface area contributed by atoms with Gasteiger partial charge in [0.05, 0.1) is 7.11 Å². The van der Waals surface area contributed by atoms with Gasteiger partial charge in [-0.2, -0.15) is 4.98 Å². The van der Waals surface area contributed by atoms with Gasteiger partial charge in [0.15, 0.2) is 0 Å². The molecule has 8 heteroatoms. The average Bonchev–Trinajstić information content (AvgIpc) is 3.29. The van der Waals surface area contributed by atoms with Crippen LogP contribution in [-0.2, 0) is 17.8 Å². The van der Waals surface area contributed by atoms with E-state index in [4.69, 9.17) is 9.26 Å². The van der Waals surface area contributed by atoms with Gasteiger partial charge in [0.1, 0.15) is 5.75 Å². The molecule has 0 unspecified atom stereocenters. The lowest BCUT2D eigenvalue weighted by Gasteiger charge is -2.32. The first-order valence-corrected chi connectivity index (χ1v) is 10.6. The number of aromatic nitrogens is 3. The number of benzene rings is 1. The Morgan fingerprint density at radius 2 is 1.97 bits per heavy atom. The Balaban J connectivity index is 1.20. The molecule has 0 aliphatic carbocycles. The number of rotatable bonds is 8. The van der Waals surface area contributed by atoms with E-state index >= 15 is 0 Å². The van der Waals surface area contributed by atoms with Crippen molar-refractivity contribution in [1.29, 1.82) is 0 Å². The van der Waals surface area contributed by atoms with E-state index in [1.165, 1.54) is 5.56 Å². The number of para-hydroxylation sites is 1. The molecule has 0 spiro atoms. The van der Waals surface area contributed by atoms with Crippen molar-refractivity contribution < 1.29 is 14.1 Å². The van der Waals surface area contributed by atoms with Gasteiger partial charge in [0.25, 0.3) is 0 Å². The molecule has 0 bridgehead atoms. The maximum atomic E-state index is 12.4. The summed E-state index contributed by atoms with van der Waals surface area (Å²) < 4.78 is 10.7. The molecule has 3 heterocycles. The number of likely N-dealkylation sites (tertiary alicyclic amines) is 1. The highest BCUT2D eigenvalue weighted by molar-refractivity contribution is 5.76. The number of ether oxygens (including phenoxy) is 1. The molecule has 4 rings (SSSR count). The number of pyridine rings is 1. The van der Waals surface area contributed by atoms with Crippen LogP contribution in [0.5, 0.6) is 5.75 Å². The molecule has 1 saturated heterocycles. The van der Waals surface area contributed by atoms with Crippen LogP contribution in [-0.4, -0.2) is 52.2 Å². The van der Waals surface area contributed by atoms with Gasteiger partial charge in [-0.05, 0) is 31.0 Å². The second-order valence-corrected chi connectivity index (χ2v) is 7.68. The molecule has 0 atom stereocenters. The molecule has 8 nitrogen and oxygen atoms in total. The fraction of sp³-hybridized carbons (Fsp3) is 0.391. The zero-order valence-electron chi connectivity index (χ0n) is 17.7. The number of nitrogens with zero attached hydrogens (tertiary/aromatic N) is 4. The van der Waals surface area contributed by atoms with Gasteiger partial charge >= 0.3 is 0 Å². The van der Waals surface area contributed by atoms with Crippen molar-refractivity contribution in [2.45, 2.75) is 38.3 Å². The highest BCUT2D eigenvalue weighted by atomic mass is 16.5. The molecular weight excluding hydrogens is 394 g/mol. The van der Waals surface area contributed by atoms with Gasteiger partial charge < -0.3 is 14.6 Å². The molecular formula is C23H27N5O3. The summed E-state index contributed by atoms with van der Waals surface area (Å²) in [5.41, 5.74) is 2.03. The topological polar surface area (TPSA) is 93.4 Å². The third-order valence-electron chi connectivity index (χ3n) is 5.51. The normalized spacial score (nSPS) is 15.0. The second kappa shape index (κ2) is 10.2. The standard InChI is InChI=1S/C23H27N5O3/c1-30-20-5-3-2-4-18(20)16-28-14-10-19(11-15-28)25-21(29)6-7-22-26-23(27-31-22)17-8-12-24-13-9-17/h2-5,8-9,12-13,19H,6-7,10-11,14-16H2,1H3,(H,25,29). The van der Waals surface area contributed by atoms with E-state index in [2.05, 4.69) is 31.4 Å². The lowest BCUT2D eigenvalue weighted by atomic mass is 10.0. The molecule has 0 saturated carbocycles. The van der Waals surface area contributed by atoms with Crippen LogP contribution < -0.4 is 10.1 Å². The van der Waals surface area contributed by atoms with E-state index < -0.39 is 0 Å². The molecule has 3 aromatic rings. The molecule has 2 aromatic heterocycles. The first-order valence-electron chi connectivity index (χ1n) is 10.6. The molecule has 162 valence electrons. The van der Waals surface area contributed by atoms with Crippen molar-refractivity contribution in [3.05, 3.63) is 60.2 Å². The Morgan fingerprint density at radius 3 is 2.74 bits per heavy atom. The summed E-state index contributed by atoms with van der Waals surface area (Å²) in [4.78, 5) is 23.1.